The molecule has 4 rings (SSSR count). The summed E-state index contributed by atoms with van der Waals surface area (Å²) in [5.41, 5.74) is 7.33. The van der Waals surface area contributed by atoms with Crippen LogP contribution in [0.5, 0.6) is 0 Å². The van der Waals surface area contributed by atoms with Crippen molar-refractivity contribution in [3.8, 4) is 22.4 Å². The van der Waals surface area contributed by atoms with Gasteiger partial charge in [-0.15, -0.1) is 23.8 Å². The third-order valence-corrected chi connectivity index (χ3v) is 4.43. The van der Waals surface area contributed by atoms with Gasteiger partial charge in [0.05, 0.1) is 7.05 Å². The molecule has 0 bridgehead atoms. The van der Waals surface area contributed by atoms with Crippen LogP contribution in [-0.2, 0) is 32.6 Å². The van der Waals surface area contributed by atoms with Gasteiger partial charge in [0, 0.05) is 20.1 Å². The van der Waals surface area contributed by atoms with E-state index in [1.54, 1.807) is 0 Å². The van der Waals surface area contributed by atoms with Crippen molar-refractivity contribution in [2.24, 2.45) is 7.05 Å². The molecule has 4 heteroatoms. The molecule has 113 valence electrons. The standard InChI is InChI=1S/C18H16N3.Ir/c1-18(2)15-7-5-4-6-13(15)14-9-8-12(10-16(14)18)17-11-21(3)20-19-17;/h4-7,9-11H,1-3H3;/q-1;/p+1. The molecule has 22 heavy (non-hydrogen) atoms. The number of aryl methyl sites for hydroxylation is 1. The fraction of sp³-hybridized carbons (Fsp3) is 0.222. The summed E-state index contributed by atoms with van der Waals surface area (Å²) in [6.07, 6.45) is 1.98. The van der Waals surface area contributed by atoms with Crippen molar-refractivity contribution in [3.05, 3.63) is 59.8 Å². The summed E-state index contributed by atoms with van der Waals surface area (Å²) >= 11 is 0. The van der Waals surface area contributed by atoms with Crippen molar-refractivity contribution in [3.63, 3.8) is 0 Å². The van der Waals surface area contributed by atoms with E-state index in [1.807, 2.05) is 17.9 Å². The van der Waals surface area contributed by atoms with Crippen LogP contribution in [0, 0.1) is 6.07 Å². The first-order valence-electron chi connectivity index (χ1n) is 7.15. The molecule has 2 aromatic carbocycles. The molecule has 3 nitrogen and oxygen atoms in total. The van der Waals surface area contributed by atoms with Crippen molar-refractivity contribution in [2.45, 2.75) is 19.3 Å². The molecule has 0 saturated carbocycles. The summed E-state index contributed by atoms with van der Waals surface area (Å²) < 4.78 is 1.84. The molecular formula is C18H17IrN3. The van der Waals surface area contributed by atoms with Gasteiger partial charge in [-0.3, -0.25) is 0 Å². The van der Waals surface area contributed by atoms with Crippen LogP contribution in [0.15, 0.2) is 42.6 Å². The van der Waals surface area contributed by atoms with E-state index in [2.05, 4.69) is 66.6 Å². The Morgan fingerprint density at radius 1 is 1.14 bits per heavy atom. The number of hydrogen-bond donors (Lipinski definition) is 1. The number of hydrogen-bond acceptors (Lipinski definition) is 1. The average molecular weight is 468 g/mol. The second-order valence-electron chi connectivity index (χ2n) is 6.18. The molecule has 0 unspecified atom stereocenters. The van der Waals surface area contributed by atoms with Crippen LogP contribution < -0.4 is 4.68 Å². The molecule has 0 spiro atoms. The quantitative estimate of drug-likeness (QED) is 0.433. The Labute approximate surface area is 143 Å². The Morgan fingerprint density at radius 2 is 1.91 bits per heavy atom. The van der Waals surface area contributed by atoms with Gasteiger partial charge in [0.2, 0.25) is 0 Å². The maximum absolute atomic E-state index is 4.32. The zero-order valence-electron chi connectivity index (χ0n) is 12.8. The largest absolute Gasteiger partial charge is 0.176 e. The summed E-state index contributed by atoms with van der Waals surface area (Å²) in [5, 5.41) is 7.23. The van der Waals surface area contributed by atoms with Crippen molar-refractivity contribution >= 4 is 0 Å². The Bertz CT molecular complexity index is 849. The molecule has 1 heterocycles. The summed E-state index contributed by atoms with van der Waals surface area (Å²) in [7, 11) is 1.93. The van der Waals surface area contributed by atoms with Gasteiger partial charge in [-0.25, -0.2) is 0 Å². The van der Waals surface area contributed by atoms with Gasteiger partial charge in [0.25, 0.3) is 0 Å². The first-order chi connectivity index (χ1) is 10.1. The van der Waals surface area contributed by atoms with E-state index in [0.717, 1.165) is 11.3 Å². The summed E-state index contributed by atoms with van der Waals surface area (Å²) in [5.74, 6) is 0. The maximum atomic E-state index is 4.32. The molecule has 0 aliphatic heterocycles. The predicted molar refractivity (Wildman–Crippen MR) is 81.6 cm³/mol. The van der Waals surface area contributed by atoms with Gasteiger partial charge in [-0.1, -0.05) is 60.0 Å². The zero-order chi connectivity index (χ0) is 14.6. The van der Waals surface area contributed by atoms with Gasteiger partial charge >= 0.3 is 0 Å². The van der Waals surface area contributed by atoms with E-state index >= 15 is 0 Å². The van der Waals surface area contributed by atoms with E-state index in [0.29, 0.717) is 0 Å². The summed E-state index contributed by atoms with van der Waals surface area (Å²) in [6.45, 7) is 4.57. The van der Waals surface area contributed by atoms with Crippen LogP contribution in [0.4, 0.5) is 0 Å². The van der Waals surface area contributed by atoms with Gasteiger partial charge in [-0.2, -0.15) is 4.68 Å². The molecule has 0 atom stereocenters. The van der Waals surface area contributed by atoms with Gasteiger partial charge in [0.1, 0.15) is 6.20 Å². The Balaban J connectivity index is 0.00000144. The normalized spacial score (nSPS) is 14.1. The number of aromatic nitrogens is 3. The maximum Gasteiger partial charge on any atom is 0.167 e. The van der Waals surface area contributed by atoms with Crippen LogP contribution in [0.25, 0.3) is 22.4 Å². The predicted octanol–water partition coefficient (Wildman–Crippen LogP) is 3.01. The monoisotopic (exact) mass is 468 g/mol. The molecule has 3 aromatic rings. The van der Waals surface area contributed by atoms with Crippen molar-refractivity contribution in [2.75, 3.05) is 0 Å². The van der Waals surface area contributed by atoms with Crippen LogP contribution in [0.3, 0.4) is 0 Å². The molecule has 0 amide bonds. The van der Waals surface area contributed by atoms with E-state index in [4.69, 9.17) is 0 Å². The number of fused-ring (bicyclic) bond motifs is 3. The third-order valence-electron chi connectivity index (χ3n) is 4.43. The summed E-state index contributed by atoms with van der Waals surface area (Å²) in [4.78, 5) is 0. The molecule has 0 saturated heterocycles. The Kier molecular flexibility index (Phi) is 3.54. The van der Waals surface area contributed by atoms with E-state index in [-0.39, 0.29) is 25.5 Å². The number of H-pyrrole nitrogens is 1. The Hall–Kier alpha value is -1.77. The minimum atomic E-state index is 0. The smallest absolute Gasteiger partial charge is 0.167 e. The van der Waals surface area contributed by atoms with Crippen molar-refractivity contribution < 1.29 is 24.8 Å². The van der Waals surface area contributed by atoms with Crippen LogP contribution in [0.2, 0.25) is 0 Å². The van der Waals surface area contributed by atoms with Gasteiger partial charge in [0.15, 0.2) is 5.69 Å². The summed E-state index contributed by atoms with van der Waals surface area (Å²) in [6, 6.07) is 16.4. The molecule has 1 N–H and O–H groups in total. The average Bonchev–Trinajstić information content (AvgIpc) is 3.01. The second-order valence-corrected chi connectivity index (χ2v) is 6.18. The van der Waals surface area contributed by atoms with Crippen LogP contribution >= 0.6 is 0 Å². The van der Waals surface area contributed by atoms with Crippen LogP contribution in [-0.4, -0.2) is 10.3 Å². The van der Waals surface area contributed by atoms with Crippen LogP contribution in [0.1, 0.15) is 25.0 Å². The van der Waals surface area contributed by atoms with Gasteiger partial charge in [-0.05, 0) is 16.1 Å². The fourth-order valence-corrected chi connectivity index (χ4v) is 3.29. The first-order valence-corrected chi connectivity index (χ1v) is 7.15. The van der Waals surface area contributed by atoms with E-state index < -0.39 is 0 Å². The minimum absolute atomic E-state index is 0. The molecule has 1 aliphatic carbocycles. The third kappa shape index (κ3) is 2.06. The van der Waals surface area contributed by atoms with Gasteiger partial charge < -0.3 is 0 Å². The molecular weight excluding hydrogens is 450 g/mol. The van der Waals surface area contributed by atoms with Crippen molar-refractivity contribution in [1.29, 1.82) is 0 Å². The number of nitrogens with zero attached hydrogens (tertiary/aromatic N) is 2. The number of aromatic amines is 1. The zero-order valence-corrected chi connectivity index (χ0v) is 15.2. The molecule has 1 aliphatic rings. The number of nitrogens with one attached hydrogen (secondary N) is 1. The number of rotatable bonds is 1. The van der Waals surface area contributed by atoms with Crippen molar-refractivity contribution in [1.82, 2.24) is 10.3 Å². The number of benzene rings is 2. The Morgan fingerprint density at radius 3 is 2.64 bits per heavy atom. The van der Waals surface area contributed by atoms with E-state index in [9.17, 15) is 0 Å². The molecule has 1 radical (unpaired) electrons. The first kappa shape index (κ1) is 15.1. The topological polar surface area (TPSA) is 32.6 Å². The van der Waals surface area contributed by atoms with E-state index in [1.165, 1.54) is 22.3 Å². The SMILES string of the molecule is C[n+]1cc(-c2[c-]cc3c(c2)C(C)(C)c2ccccc2-3)n[nH]1.[Ir]. The molecule has 1 aromatic heterocycles. The molecule has 0 fully saturated rings. The second kappa shape index (κ2) is 5.15. The minimum Gasteiger partial charge on any atom is -0.176 e. The fourth-order valence-electron chi connectivity index (χ4n) is 3.29.